The molecule has 0 aromatic rings. The molecule has 0 heterocycles. The van der Waals surface area contributed by atoms with Gasteiger partial charge in [-0.05, 0) is 103 Å². The Bertz CT molecular complexity index is 657. The molecule has 0 aromatic carbocycles. The minimum atomic E-state index is 0.277. The number of carbonyl (C=O) groups is 1. The summed E-state index contributed by atoms with van der Waals surface area (Å²) >= 11 is 0. The highest BCUT2D eigenvalue weighted by Crippen LogP contribution is 2.67. The summed E-state index contributed by atoms with van der Waals surface area (Å²) < 4.78 is 0. The first-order chi connectivity index (χ1) is 13.3. The number of hydrogen-bond donors (Lipinski definition) is 0. The summed E-state index contributed by atoms with van der Waals surface area (Å²) in [6.07, 6.45) is 19.6. The molecule has 0 aromatic heterocycles. The normalized spacial score (nSPS) is 46.5. The number of carbonyl (C=O) groups excluding carboxylic acids is 1. The van der Waals surface area contributed by atoms with Gasteiger partial charge in [-0.15, -0.1) is 0 Å². The van der Waals surface area contributed by atoms with Crippen molar-refractivity contribution in [2.24, 2.45) is 52.3 Å². The van der Waals surface area contributed by atoms with Crippen molar-refractivity contribution in [1.29, 1.82) is 0 Å². The van der Waals surface area contributed by atoms with E-state index in [-0.39, 0.29) is 5.41 Å². The van der Waals surface area contributed by atoms with E-state index in [1.165, 1.54) is 44.9 Å². The lowest BCUT2D eigenvalue weighted by molar-refractivity contribution is -0.122. The van der Waals surface area contributed by atoms with E-state index >= 15 is 0 Å². The number of allylic oxidation sites excluding steroid dienone is 4. The summed E-state index contributed by atoms with van der Waals surface area (Å²) in [6, 6.07) is 0. The molecule has 1 nitrogen and oxygen atoms in total. The van der Waals surface area contributed by atoms with Gasteiger partial charge in [-0.25, -0.2) is 0 Å². The minimum absolute atomic E-state index is 0.277. The van der Waals surface area contributed by atoms with Gasteiger partial charge in [-0.2, -0.15) is 0 Å². The summed E-state index contributed by atoms with van der Waals surface area (Å²) in [7, 11) is 0. The molecule has 156 valence electrons. The molecule has 4 rings (SSSR count). The average Bonchev–Trinajstić information content (AvgIpc) is 2.99. The van der Waals surface area contributed by atoms with Crippen molar-refractivity contribution < 1.29 is 4.79 Å². The predicted octanol–water partition coefficient (Wildman–Crippen LogP) is 7.23. The molecule has 0 radical (unpaired) electrons. The van der Waals surface area contributed by atoms with Crippen LogP contribution in [0, 0.1) is 52.3 Å². The topological polar surface area (TPSA) is 17.1 Å². The van der Waals surface area contributed by atoms with Gasteiger partial charge in [0.05, 0.1) is 0 Å². The largest absolute Gasteiger partial charge is 0.295 e. The van der Waals surface area contributed by atoms with Gasteiger partial charge in [0.2, 0.25) is 0 Å². The van der Waals surface area contributed by atoms with Crippen LogP contribution in [0.3, 0.4) is 0 Å². The number of ketones is 1. The molecule has 4 aliphatic rings. The second-order valence-corrected chi connectivity index (χ2v) is 11.7. The molecule has 3 saturated carbocycles. The van der Waals surface area contributed by atoms with Crippen LogP contribution in [0.4, 0.5) is 0 Å². The second kappa shape index (κ2) is 7.44. The van der Waals surface area contributed by atoms with Crippen molar-refractivity contribution in [1.82, 2.24) is 0 Å². The zero-order chi connectivity index (χ0) is 20.1. The van der Waals surface area contributed by atoms with Crippen molar-refractivity contribution in [3.63, 3.8) is 0 Å². The van der Waals surface area contributed by atoms with Crippen molar-refractivity contribution in [3.05, 3.63) is 24.3 Å². The van der Waals surface area contributed by atoms with E-state index in [4.69, 9.17) is 0 Å². The Kier molecular flexibility index (Phi) is 5.43. The molecule has 0 spiro atoms. The van der Waals surface area contributed by atoms with Gasteiger partial charge >= 0.3 is 0 Å². The first-order valence-electron chi connectivity index (χ1n) is 12.1. The quantitative estimate of drug-likeness (QED) is 0.469. The Hall–Kier alpha value is -0.850. The molecule has 4 aliphatic carbocycles. The van der Waals surface area contributed by atoms with E-state index in [0.717, 1.165) is 36.0 Å². The molecule has 28 heavy (non-hydrogen) atoms. The zero-order valence-corrected chi connectivity index (χ0v) is 18.9. The summed E-state index contributed by atoms with van der Waals surface area (Å²) in [5, 5.41) is 0. The molecular formula is C27H42O. The number of rotatable bonds is 4. The van der Waals surface area contributed by atoms with E-state index in [2.05, 4.69) is 52.8 Å². The Morgan fingerprint density at radius 3 is 2.61 bits per heavy atom. The maximum atomic E-state index is 12.0. The maximum Gasteiger partial charge on any atom is 0.155 e. The Morgan fingerprint density at radius 2 is 1.86 bits per heavy atom. The van der Waals surface area contributed by atoms with Crippen LogP contribution in [0.15, 0.2) is 24.3 Å². The summed E-state index contributed by atoms with van der Waals surface area (Å²) in [4.78, 5) is 12.0. The van der Waals surface area contributed by atoms with Crippen molar-refractivity contribution >= 4 is 5.78 Å². The van der Waals surface area contributed by atoms with Crippen LogP contribution >= 0.6 is 0 Å². The highest BCUT2D eigenvalue weighted by Gasteiger charge is 2.59. The molecule has 0 saturated heterocycles. The molecule has 0 aliphatic heterocycles. The minimum Gasteiger partial charge on any atom is -0.295 e. The standard InChI is InChI=1S/C27H42O/c1-18(2)7-6-8-19(3)23-11-12-24-22-10-9-20-17-21(28)13-15-26(20,4)25(22)14-16-27(23,24)5/h6,8,13,15,18-20,22-25H,7,9-12,14,16-17H2,1-5H3/b8-6+/t19?,20?,22-,23?,24?,25?,26-,27+/m0/s1. The van der Waals surface area contributed by atoms with E-state index < -0.39 is 0 Å². The third-order valence-electron chi connectivity index (χ3n) is 9.80. The second-order valence-electron chi connectivity index (χ2n) is 11.7. The molecule has 8 atom stereocenters. The van der Waals surface area contributed by atoms with Gasteiger partial charge in [0.15, 0.2) is 5.78 Å². The number of fused-ring (bicyclic) bond motifs is 5. The van der Waals surface area contributed by atoms with Crippen LogP contribution in [-0.2, 0) is 4.79 Å². The lowest BCUT2D eigenvalue weighted by Gasteiger charge is -2.59. The molecule has 0 N–H and O–H groups in total. The van der Waals surface area contributed by atoms with Crippen molar-refractivity contribution in [3.8, 4) is 0 Å². The highest BCUT2D eigenvalue weighted by molar-refractivity contribution is 5.91. The summed E-state index contributed by atoms with van der Waals surface area (Å²) in [5.41, 5.74) is 0.805. The van der Waals surface area contributed by atoms with Gasteiger partial charge in [0.25, 0.3) is 0 Å². The van der Waals surface area contributed by atoms with E-state index in [0.29, 0.717) is 23.0 Å². The fourth-order valence-electron chi connectivity index (χ4n) is 8.24. The van der Waals surface area contributed by atoms with Gasteiger partial charge in [0, 0.05) is 6.42 Å². The van der Waals surface area contributed by atoms with Crippen LogP contribution in [0.2, 0.25) is 0 Å². The van der Waals surface area contributed by atoms with Crippen LogP contribution in [0.1, 0.15) is 86.0 Å². The van der Waals surface area contributed by atoms with E-state index in [1.807, 2.05) is 6.08 Å². The molecule has 3 fully saturated rings. The highest BCUT2D eigenvalue weighted by atomic mass is 16.1. The molecule has 0 bridgehead atoms. The maximum absolute atomic E-state index is 12.0. The molecule has 0 amide bonds. The predicted molar refractivity (Wildman–Crippen MR) is 118 cm³/mol. The summed E-state index contributed by atoms with van der Waals surface area (Å²) in [6.45, 7) is 12.2. The Labute approximate surface area is 173 Å². The molecule has 1 heteroatoms. The monoisotopic (exact) mass is 382 g/mol. The fraction of sp³-hybridized carbons (Fsp3) is 0.815. The smallest absolute Gasteiger partial charge is 0.155 e. The fourth-order valence-corrected chi connectivity index (χ4v) is 8.24. The van der Waals surface area contributed by atoms with Crippen molar-refractivity contribution in [2.45, 2.75) is 86.0 Å². The van der Waals surface area contributed by atoms with Gasteiger partial charge in [0.1, 0.15) is 0 Å². The van der Waals surface area contributed by atoms with Gasteiger partial charge < -0.3 is 0 Å². The Morgan fingerprint density at radius 1 is 1.07 bits per heavy atom. The Balaban J connectivity index is 1.53. The van der Waals surface area contributed by atoms with Crippen LogP contribution in [-0.4, -0.2) is 5.78 Å². The van der Waals surface area contributed by atoms with Crippen molar-refractivity contribution in [2.75, 3.05) is 0 Å². The molecular weight excluding hydrogens is 340 g/mol. The van der Waals surface area contributed by atoms with E-state index in [1.54, 1.807) is 0 Å². The SMILES string of the molecule is CC(C)C/C=C/C(C)C1CCC2[C@@H]3CCC4CC(=O)C=C[C@]4(C)C3CC[C@]12C. The van der Waals surface area contributed by atoms with Gasteiger partial charge in [-0.1, -0.05) is 52.8 Å². The van der Waals surface area contributed by atoms with Crippen LogP contribution in [0.5, 0.6) is 0 Å². The first-order valence-corrected chi connectivity index (χ1v) is 12.1. The molecule has 5 unspecified atom stereocenters. The number of hydrogen-bond acceptors (Lipinski definition) is 1. The van der Waals surface area contributed by atoms with E-state index in [9.17, 15) is 4.79 Å². The first kappa shape index (κ1) is 20.4. The lowest BCUT2D eigenvalue weighted by Crippen LogP contribution is -2.52. The lowest BCUT2D eigenvalue weighted by atomic mass is 9.45. The average molecular weight is 383 g/mol. The third-order valence-corrected chi connectivity index (χ3v) is 9.80. The summed E-state index contributed by atoms with van der Waals surface area (Å²) in [5.74, 6) is 5.89. The van der Waals surface area contributed by atoms with Crippen LogP contribution in [0.25, 0.3) is 0 Å². The third kappa shape index (κ3) is 3.25. The zero-order valence-electron chi connectivity index (χ0n) is 18.9. The van der Waals surface area contributed by atoms with Crippen LogP contribution < -0.4 is 0 Å². The van der Waals surface area contributed by atoms with Gasteiger partial charge in [-0.3, -0.25) is 4.79 Å².